The molecule has 0 saturated heterocycles. The maximum Gasteiger partial charge on any atom is 0.160 e. The van der Waals surface area contributed by atoms with Crippen LogP contribution >= 0.6 is 0 Å². The molecule has 10 rings (SSSR count). The van der Waals surface area contributed by atoms with Gasteiger partial charge in [-0.1, -0.05) is 170 Å². The average Bonchev–Trinajstić information content (AvgIpc) is 3.19. The summed E-state index contributed by atoms with van der Waals surface area (Å²) in [7, 11) is 0. The summed E-state index contributed by atoms with van der Waals surface area (Å²) in [6.45, 7) is 0. The second kappa shape index (κ2) is 11.5. The van der Waals surface area contributed by atoms with Gasteiger partial charge in [0.15, 0.2) is 5.82 Å². The van der Waals surface area contributed by atoms with E-state index in [4.69, 9.17) is 9.97 Å². The van der Waals surface area contributed by atoms with Gasteiger partial charge in [-0.3, -0.25) is 0 Å². The van der Waals surface area contributed by atoms with Crippen molar-refractivity contribution in [1.82, 2.24) is 9.97 Å². The lowest BCUT2D eigenvalue weighted by molar-refractivity contribution is 1.23. The first-order chi connectivity index (χ1) is 24.8. The van der Waals surface area contributed by atoms with Crippen LogP contribution in [0.5, 0.6) is 0 Å². The number of fused-ring (bicyclic) bond motifs is 5. The van der Waals surface area contributed by atoms with Gasteiger partial charge in [-0.2, -0.15) is 0 Å². The Morgan fingerprint density at radius 2 is 0.800 bits per heavy atom. The van der Waals surface area contributed by atoms with E-state index in [1.165, 1.54) is 65.3 Å². The zero-order valence-corrected chi connectivity index (χ0v) is 27.2. The van der Waals surface area contributed by atoms with Gasteiger partial charge in [0.1, 0.15) is 0 Å². The Morgan fingerprint density at radius 3 is 1.46 bits per heavy atom. The lowest BCUT2D eigenvalue weighted by atomic mass is 9.83. The SMILES string of the molecule is c1ccc(-c2nc(-c3ccc4c(-c5cccc6ccccc56)c5ccccc5c(-c5cccc6ccccc56)c4c3)nc3ccccc23)cc1. The molecule has 0 radical (unpaired) electrons. The predicted molar refractivity (Wildman–Crippen MR) is 211 cm³/mol. The van der Waals surface area contributed by atoms with Crippen molar-refractivity contribution in [3.05, 3.63) is 182 Å². The molecule has 2 heteroatoms. The van der Waals surface area contributed by atoms with E-state index in [-0.39, 0.29) is 0 Å². The topological polar surface area (TPSA) is 25.8 Å². The number of hydrogen-bond donors (Lipinski definition) is 0. The van der Waals surface area contributed by atoms with Crippen LogP contribution in [0, 0.1) is 0 Å². The number of aromatic nitrogens is 2. The minimum Gasteiger partial charge on any atom is -0.228 e. The van der Waals surface area contributed by atoms with Gasteiger partial charge in [-0.05, 0) is 77.5 Å². The van der Waals surface area contributed by atoms with Crippen molar-refractivity contribution in [1.29, 1.82) is 0 Å². The Kier molecular flexibility index (Phi) is 6.53. The summed E-state index contributed by atoms with van der Waals surface area (Å²) in [6.07, 6.45) is 0. The summed E-state index contributed by atoms with van der Waals surface area (Å²) in [6, 6.07) is 65.2. The number of para-hydroxylation sites is 1. The van der Waals surface area contributed by atoms with Crippen LogP contribution in [-0.4, -0.2) is 9.97 Å². The number of benzene rings is 9. The fourth-order valence-electron chi connectivity index (χ4n) is 7.81. The normalized spacial score (nSPS) is 11.6. The Morgan fingerprint density at radius 1 is 0.300 bits per heavy atom. The van der Waals surface area contributed by atoms with Crippen molar-refractivity contribution in [2.45, 2.75) is 0 Å². The van der Waals surface area contributed by atoms with Crippen LogP contribution in [0.2, 0.25) is 0 Å². The quantitative estimate of drug-likeness (QED) is 0.180. The van der Waals surface area contributed by atoms with Crippen LogP contribution < -0.4 is 0 Å². The highest BCUT2D eigenvalue weighted by atomic mass is 14.9. The van der Waals surface area contributed by atoms with Crippen molar-refractivity contribution >= 4 is 54.0 Å². The summed E-state index contributed by atoms with van der Waals surface area (Å²) in [4.78, 5) is 10.4. The first kappa shape index (κ1) is 28.4. The van der Waals surface area contributed by atoms with Gasteiger partial charge in [0.2, 0.25) is 0 Å². The molecule has 2 nitrogen and oxygen atoms in total. The van der Waals surface area contributed by atoms with Gasteiger partial charge < -0.3 is 0 Å². The van der Waals surface area contributed by atoms with Gasteiger partial charge in [0, 0.05) is 16.5 Å². The first-order valence-electron chi connectivity index (χ1n) is 17.1. The number of hydrogen-bond acceptors (Lipinski definition) is 2. The minimum absolute atomic E-state index is 0.716. The summed E-state index contributed by atoms with van der Waals surface area (Å²) in [5.74, 6) is 0.716. The van der Waals surface area contributed by atoms with Gasteiger partial charge >= 0.3 is 0 Å². The van der Waals surface area contributed by atoms with Gasteiger partial charge in [-0.15, -0.1) is 0 Å². The molecule has 0 unspecified atom stereocenters. The smallest absolute Gasteiger partial charge is 0.160 e. The van der Waals surface area contributed by atoms with E-state index >= 15 is 0 Å². The second-order valence-corrected chi connectivity index (χ2v) is 12.9. The Labute approximate surface area is 290 Å². The maximum atomic E-state index is 5.27. The van der Waals surface area contributed by atoms with Crippen LogP contribution in [-0.2, 0) is 0 Å². The summed E-state index contributed by atoms with van der Waals surface area (Å²) in [5.41, 5.74) is 8.85. The highest BCUT2D eigenvalue weighted by molar-refractivity contribution is 6.25. The highest BCUT2D eigenvalue weighted by Gasteiger charge is 2.21. The summed E-state index contributed by atoms with van der Waals surface area (Å²) >= 11 is 0. The first-order valence-corrected chi connectivity index (χ1v) is 17.1. The molecule has 0 aliphatic carbocycles. The molecule has 10 aromatic rings. The third-order valence-corrected chi connectivity index (χ3v) is 10.1. The molecule has 0 N–H and O–H groups in total. The van der Waals surface area contributed by atoms with Crippen molar-refractivity contribution in [3.63, 3.8) is 0 Å². The van der Waals surface area contributed by atoms with Crippen molar-refractivity contribution in [2.75, 3.05) is 0 Å². The molecular formula is C48H30N2. The van der Waals surface area contributed by atoms with Crippen LogP contribution in [0.1, 0.15) is 0 Å². The Balaban J connectivity index is 1.35. The van der Waals surface area contributed by atoms with Crippen LogP contribution in [0.4, 0.5) is 0 Å². The standard InChI is InChI=1S/C48H30N2/c1-2-16-33(17-3-1)47-42-24-10-11-27-44(42)49-48(50-47)34-28-29-41-43(30-34)46(38-26-13-19-32-15-5-7-21-36(32)38)40-23-9-8-22-39(40)45(41)37-25-12-18-31-14-4-6-20-35(31)37/h1-30H. The molecule has 1 aromatic heterocycles. The Hall–Kier alpha value is -6.64. The molecular weight excluding hydrogens is 605 g/mol. The molecule has 0 atom stereocenters. The third-order valence-electron chi connectivity index (χ3n) is 10.1. The van der Waals surface area contributed by atoms with Crippen LogP contribution in [0.3, 0.4) is 0 Å². The second-order valence-electron chi connectivity index (χ2n) is 12.9. The third kappa shape index (κ3) is 4.50. The van der Waals surface area contributed by atoms with Crippen molar-refractivity contribution in [3.8, 4) is 44.9 Å². The van der Waals surface area contributed by atoms with E-state index in [2.05, 4.69) is 176 Å². The van der Waals surface area contributed by atoms with Crippen molar-refractivity contribution in [2.24, 2.45) is 0 Å². The molecule has 0 amide bonds. The maximum absolute atomic E-state index is 5.27. The van der Waals surface area contributed by atoms with E-state index in [9.17, 15) is 0 Å². The molecule has 50 heavy (non-hydrogen) atoms. The molecule has 0 fully saturated rings. The molecule has 9 aromatic carbocycles. The Bertz CT molecular complexity index is 2910. The van der Waals surface area contributed by atoms with Gasteiger partial charge in [0.05, 0.1) is 11.2 Å². The van der Waals surface area contributed by atoms with E-state index in [1.807, 2.05) is 6.07 Å². The molecule has 0 aliphatic heterocycles. The van der Waals surface area contributed by atoms with Crippen LogP contribution in [0.15, 0.2) is 182 Å². The fourth-order valence-corrected chi connectivity index (χ4v) is 7.81. The summed E-state index contributed by atoms with van der Waals surface area (Å²) in [5, 5.41) is 10.8. The lowest BCUT2D eigenvalue weighted by Gasteiger charge is -2.20. The zero-order chi connectivity index (χ0) is 33.0. The van der Waals surface area contributed by atoms with E-state index in [0.717, 1.165) is 27.7 Å². The molecule has 0 aliphatic rings. The fraction of sp³-hybridized carbons (Fsp3) is 0. The largest absolute Gasteiger partial charge is 0.228 e. The molecule has 0 spiro atoms. The molecule has 0 bridgehead atoms. The van der Waals surface area contributed by atoms with E-state index in [1.54, 1.807) is 0 Å². The zero-order valence-electron chi connectivity index (χ0n) is 27.2. The molecule has 1 heterocycles. The highest BCUT2D eigenvalue weighted by Crippen LogP contribution is 2.47. The molecule has 232 valence electrons. The van der Waals surface area contributed by atoms with E-state index < -0.39 is 0 Å². The van der Waals surface area contributed by atoms with Crippen molar-refractivity contribution < 1.29 is 0 Å². The number of rotatable bonds is 4. The minimum atomic E-state index is 0.716. The van der Waals surface area contributed by atoms with Crippen LogP contribution in [0.25, 0.3) is 98.9 Å². The van der Waals surface area contributed by atoms with Gasteiger partial charge in [-0.25, -0.2) is 9.97 Å². The van der Waals surface area contributed by atoms with E-state index in [0.29, 0.717) is 5.82 Å². The predicted octanol–water partition coefficient (Wildman–Crippen LogP) is 12.9. The van der Waals surface area contributed by atoms with Gasteiger partial charge in [0.25, 0.3) is 0 Å². The monoisotopic (exact) mass is 634 g/mol. The summed E-state index contributed by atoms with van der Waals surface area (Å²) < 4.78 is 0. The number of nitrogens with zero attached hydrogens (tertiary/aromatic N) is 2. The lowest BCUT2D eigenvalue weighted by Crippen LogP contribution is -1.96. The molecule has 0 saturated carbocycles. The average molecular weight is 635 g/mol.